The minimum Gasteiger partial charge on any atom is -0.394 e. The van der Waals surface area contributed by atoms with Crippen LogP contribution in [0.15, 0.2) is 0 Å². The molecule has 0 radical (unpaired) electrons. The molecule has 0 aromatic heterocycles. The molecule has 1 amide bonds. The second-order valence-corrected chi connectivity index (χ2v) is 5.02. The van der Waals surface area contributed by atoms with Gasteiger partial charge in [0.2, 0.25) is 5.91 Å². The van der Waals surface area contributed by atoms with Gasteiger partial charge in [-0.05, 0) is 6.42 Å². The molecule has 1 aliphatic heterocycles. The molecule has 1 saturated heterocycles. The molecule has 0 bridgehead atoms. The Bertz CT molecular complexity index is 233. The van der Waals surface area contributed by atoms with Crippen LogP contribution in [0.5, 0.6) is 0 Å². The standard InChI is InChI=1S/C14H27NO3/c1-2-3-4-5-6-7-8-14(17)15-9-10-18-12-13(15)11-16/h13,16H,2-12H2,1H3. The van der Waals surface area contributed by atoms with E-state index in [-0.39, 0.29) is 18.6 Å². The number of aliphatic hydroxyl groups is 1. The third-order valence-corrected chi connectivity index (χ3v) is 3.50. The number of unbranched alkanes of at least 4 members (excludes halogenated alkanes) is 5. The van der Waals surface area contributed by atoms with Crippen molar-refractivity contribution >= 4 is 5.91 Å². The molecule has 1 N–H and O–H groups in total. The smallest absolute Gasteiger partial charge is 0.223 e. The van der Waals surface area contributed by atoms with Crippen LogP contribution < -0.4 is 0 Å². The molecule has 0 aromatic carbocycles. The maximum atomic E-state index is 12.0. The molecule has 1 aliphatic rings. The molecule has 1 unspecified atom stereocenters. The number of carbonyl (C=O) groups is 1. The van der Waals surface area contributed by atoms with E-state index in [1.807, 2.05) is 0 Å². The van der Waals surface area contributed by atoms with Crippen LogP contribution in [-0.2, 0) is 9.53 Å². The van der Waals surface area contributed by atoms with Crippen molar-refractivity contribution < 1.29 is 14.6 Å². The van der Waals surface area contributed by atoms with E-state index in [0.717, 1.165) is 12.8 Å². The average Bonchev–Trinajstić information content (AvgIpc) is 2.42. The van der Waals surface area contributed by atoms with Crippen molar-refractivity contribution in [2.45, 2.75) is 57.9 Å². The van der Waals surface area contributed by atoms with Crippen molar-refractivity contribution in [1.29, 1.82) is 0 Å². The summed E-state index contributed by atoms with van der Waals surface area (Å²) in [4.78, 5) is 13.8. The van der Waals surface area contributed by atoms with Gasteiger partial charge in [-0.15, -0.1) is 0 Å². The first-order valence-corrected chi connectivity index (χ1v) is 7.27. The summed E-state index contributed by atoms with van der Waals surface area (Å²) in [6.07, 6.45) is 7.78. The number of amides is 1. The van der Waals surface area contributed by atoms with Gasteiger partial charge in [-0.2, -0.15) is 0 Å². The molecule has 1 rings (SSSR count). The lowest BCUT2D eigenvalue weighted by atomic mass is 10.1. The van der Waals surface area contributed by atoms with Gasteiger partial charge >= 0.3 is 0 Å². The van der Waals surface area contributed by atoms with Gasteiger partial charge in [0.05, 0.1) is 25.9 Å². The molecule has 1 heterocycles. The molecule has 0 saturated carbocycles. The molecule has 4 heteroatoms. The molecule has 1 atom stereocenters. The zero-order valence-corrected chi connectivity index (χ0v) is 11.6. The van der Waals surface area contributed by atoms with Crippen molar-refractivity contribution in [2.75, 3.05) is 26.4 Å². The number of ether oxygens (including phenoxy) is 1. The van der Waals surface area contributed by atoms with Crippen LogP contribution >= 0.6 is 0 Å². The van der Waals surface area contributed by atoms with Crippen LogP contribution in [0.4, 0.5) is 0 Å². The monoisotopic (exact) mass is 257 g/mol. The summed E-state index contributed by atoms with van der Waals surface area (Å²) in [5, 5.41) is 9.21. The van der Waals surface area contributed by atoms with E-state index >= 15 is 0 Å². The first kappa shape index (κ1) is 15.4. The van der Waals surface area contributed by atoms with Crippen LogP contribution in [0.3, 0.4) is 0 Å². The SMILES string of the molecule is CCCCCCCCC(=O)N1CCOCC1CO. The molecule has 0 aromatic rings. The Kier molecular flexibility index (Phi) is 8.01. The quantitative estimate of drug-likeness (QED) is 0.676. The maximum absolute atomic E-state index is 12.0. The van der Waals surface area contributed by atoms with Crippen LogP contribution in [0.2, 0.25) is 0 Å². The highest BCUT2D eigenvalue weighted by atomic mass is 16.5. The van der Waals surface area contributed by atoms with E-state index in [0.29, 0.717) is 26.2 Å². The normalized spacial score (nSPS) is 20.1. The lowest BCUT2D eigenvalue weighted by molar-refractivity contribution is -0.141. The number of hydrogen-bond donors (Lipinski definition) is 1. The zero-order valence-electron chi connectivity index (χ0n) is 11.6. The van der Waals surface area contributed by atoms with Gasteiger partial charge in [0.15, 0.2) is 0 Å². The molecule has 1 fully saturated rings. The van der Waals surface area contributed by atoms with E-state index < -0.39 is 0 Å². The van der Waals surface area contributed by atoms with E-state index in [1.54, 1.807) is 4.90 Å². The summed E-state index contributed by atoms with van der Waals surface area (Å²) >= 11 is 0. The second kappa shape index (κ2) is 9.34. The Balaban J connectivity index is 2.14. The molecule has 0 spiro atoms. The molecular weight excluding hydrogens is 230 g/mol. The van der Waals surface area contributed by atoms with Crippen molar-refractivity contribution in [3.05, 3.63) is 0 Å². The number of aliphatic hydroxyl groups excluding tert-OH is 1. The Hall–Kier alpha value is -0.610. The number of hydrogen-bond acceptors (Lipinski definition) is 3. The predicted molar refractivity (Wildman–Crippen MR) is 71.4 cm³/mol. The summed E-state index contributed by atoms with van der Waals surface area (Å²) in [5.74, 6) is 0.174. The van der Waals surface area contributed by atoms with Crippen molar-refractivity contribution in [2.24, 2.45) is 0 Å². The summed E-state index contributed by atoms with van der Waals surface area (Å²) in [6.45, 7) is 3.90. The van der Waals surface area contributed by atoms with Crippen molar-refractivity contribution in [3.8, 4) is 0 Å². The predicted octanol–water partition coefficient (Wildman–Crippen LogP) is 1.96. The van der Waals surface area contributed by atoms with E-state index in [1.165, 1.54) is 25.7 Å². The highest BCUT2D eigenvalue weighted by Crippen LogP contribution is 2.12. The van der Waals surface area contributed by atoms with Crippen molar-refractivity contribution in [1.82, 2.24) is 4.90 Å². The van der Waals surface area contributed by atoms with Crippen LogP contribution in [-0.4, -0.2) is 48.3 Å². The zero-order chi connectivity index (χ0) is 13.2. The topological polar surface area (TPSA) is 49.8 Å². The molecule has 4 nitrogen and oxygen atoms in total. The molecule has 106 valence electrons. The van der Waals surface area contributed by atoms with E-state index in [4.69, 9.17) is 4.74 Å². The van der Waals surface area contributed by atoms with Gasteiger partial charge < -0.3 is 14.7 Å². The van der Waals surface area contributed by atoms with E-state index in [2.05, 4.69) is 6.92 Å². The Morgan fingerprint density at radius 3 is 2.72 bits per heavy atom. The molecular formula is C14H27NO3. The lowest BCUT2D eigenvalue weighted by Gasteiger charge is -2.34. The maximum Gasteiger partial charge on any atom is 0.223 e. The third-order valence-electron chi connectivity index (χ3n) is 3.50. The van der Waals surface area contributed by atoms with Gasteiger partial charge in [-0.25, -0.2) is 0 Å². The largest absolute Gasteiger partial charge is 0.394 e. The number of nitrogens with zero attached hydrogens (tertiary/aromatic N) is 1. The fourth-order valence-corrected chi connectivity index (χ4v) is 2.33. The molecule has 18 heavy (non-hydrogen) atoms. The second-order valence-electron chi connectivity index (χ2n) is 5.02. The number of morpholine rings is 1. The highest BCUT2D eigenvalue weighted by molar-refractivity contribution is 5.76. The molecule has 0 aliphatic carbocycles. The number of rotatable bonds is 8. The summed E-state index contributed by atoms with van der Waals surface area (Å²) in [7, 11) is 0. The van der Waals surface area contributed by atoms with Gasteiger partial charge in [0.1, 0.15) is 0 Å². The summed E-state index contributed by atoms with van der Waals surface area (Å²) in [5.41, 5.74) is 0. The highest BCUT2D eigenvalue weighted by Gasteiger charge is 2.25. The van der Waals surface area contributed by atoms with E-state index in [9.17, 15) is 9.90 Å². The minimum atomic E-state index is -0.133. The Morgan fingerprint density at radius 1 is 1.28 bits per heavy atom. The first-order valence-electron chi connectivity index (χ1n) is 7.27. The van der Waals surface area contributed by atoms with Crippen LogP contribution in [0.1, 0.15) is 51.9 Å². The lowest BCUT2D eigenvalue weighted by Crippen LogP contribution is -2.50. The fraction of sp³-hybridized carbons (Fsp3) is 0.929. The Morgan fingerprint density at radius 2 is 2.00 bits per heavy atom. The average molecular weight is 257 g/mol. The van der Waals surface area contributed by atoms with Gasteiger partial charge in [0, 0.05) is 13.0 Å². The third kappa shape index (κ3) is 5.36. The summed E-state index contributed by atoms with van der Waals surface area (Å²) < 4.78 is 5.27. The number of carbonyl (C=O) groups excluding carboxylic acids is 1. The van der Waals surface area contributed by atoms with Gasteiger partial charge in [0.25, 0.3) is 0 Å². The van der Waals surface area contributed by atoms with Crippen LogP contribution in [0, 0.1) is 0 Å². The van der Waals surface area contributed by atoms with Gasteiger partial charge in [-0.3, -0.25) is 4.79 Å². The minimum absolute atomic E-state index is 0.00222. The summed E-state index contributed by atoms with van der Waals surface area (Å²) in [6, 6.07) is -0.133. The van der Waals surface area contributed by atoms with Gasteiger partial charge in [-0.1, -0.05) is 39.0 Å². The first-order chi connectivity index (χ1) is 8.79. The Labute approximate surface area is 110 Å². The van der Waals surface area contributed by atoms with Crippen LogP contribution in [0.25, 0.3) is 0 Å². The fourth-order valence-electron chi connectivity index (χ4n) is 2.33. The van der Waals surface area contributed by atoms with Crippen molar-refractivity contribution in [3.63, 3.8) is 0 Å².